The maximum atomic E-state index is 12.4. The van der Waals surface area contributed by atoms with E-state index in [9.17, 15) is 4.79 Å². The van der Waals surface area contributed by atoms with Crippen molar-refractivity contribution in [2.75, 3.05) is 26.3 Å². The van der Waals surface area contributed by atoms with Crippen LogP contribution in [0.3, 0.4) is 0 Å². The predicted octanol–water partition coefficient (Wildman–Crippen LogP) is 1.41. The van der Waals surface area contributed by atoms with E-state index in [2.05, 4.69) is 10.2 Å². The zero-order chi connectivity index (χ0) is 15.5. The summed E-state index contributed by atoms with van der Waals surface area (Å²) in [5, 5.41) is 8.77. The van der Waals surface area contributed by atoms with Crippen molar-refractivity contribution in [2.45, 2.75) is 17.3 Å². The van der Waals surface area contributed by atoms with Gasteiger partial charge in [-0.2, -0.15) is 0 Å². The number of thioether (sulfide) groups is 1. The van der Waals surface area contributed by atoms with Crippen LogP contribution in [0.25, 0.3) is 11.6 Å². The number of ether oxygens (including phenoxy) is 1. The molecule has 0 N–H and O–H groups in total. The standard InChI is InChI=1S/C14H18N4O3S/c1-10(13(19)18-5-8-20-9-6-18)22-14-16-15-12(17(14)2)11-4-3-7-21-11/h3-4,7,10H,5-6,8-9H2,1-2H3. The molecule has 2 aromatic rings. The molecular formula is C14H18N4O3S. The van der Waals surface area contributed by atoms with E-state index in [-0.39, 0.29) is 11.2 Å². The Hall–Kier alpha value is -1.80. The van der Waals surface area contributed by atoms with Gasteiger partial charge in [-0.25, -0.2) is 0 Å². The van der Waals surface area contributed by atoms with Gasteiger partial charge in [0.05, 0.1) is 24.7 Å². The number of carbonyl (C=O) groups excluding carboxylic acids is 1. The van der Waals surface area contributed by atoms with Gasteiger partial charge in [0.1, 0.15) is 0 Å². The molecule has 0 bridgehead atoms. The fourth-order valence-electron chi connectivity index (χ4n) is 2.29. The third-order valence-electron chi connectivity index (χ3n) is 3.53. The van der Waals surface area contributed by atoms with Crippen LogP contribution in [0.2, 0.25) is 0 Å². The number of nitrogens with zero attached hydrogens (tertiary/aromatic N) is 4. The van der Waals surface area contributed by atoms with Crippen LogP contribution in [0.4, 0.5) is 0 Å². The Kier molecular flexibility index (Phi) is 4.49. The minimum atomic E-state index is -0.217. The summed E-state index contributed by atoms with van der Waals surface area (Å²) < 4.78 is 12.5. The second-order valence-electron chi connectivity index (χ2n) is 5.04. The van der Waals surface area contributed by atoms with Crippen molar-refractivity contribution >= 4 is 17.7 Å². The smallest absolute Gasteiger partial charge is 0.236 e. The van der Waals surface area contributed by atoms with Gasteiger partial charge in [-0.15, -0.1) is 10.2 Å². The van der Waals surface area contributed by atoms with Crippen molar-refractivity contribution in [3.05, 3.63) is 18.4 Å². The number of rotatable bonds is 4. The molecule has 1 aliphatic heterocycles. The number of furan rings is 1. The lowest BCUT2D eigenvalue weighted by molar-refractivity contribution is -0.134. The molecule has 1 fully saturated rings. The van der Waals surface area contributed by atoms with Crippen LogP contribution in [-0.2, 0) is 16.6 Å². The maximum absolute atomic E-state index is 12.4. The van der Waals surface area contributed by atoms with Crippen molar-refractivity contribution in [3.63, 3.8) is 0 Å². The summed E-state index contributed by atoms with van der Waals surface area (Å²) >= 11 is 1.41. The molecule has 1 unspecified atom stereocenters. The summed E-state index contributed by atoms with van der Waals surface area (Å²) in [6.45, 7) is 4.41. The summed E-state index contributed by atoms with van der Waals surface area (Å²) in [6.07, 6.45) is 1.60. The van der Waals surface area contributed by atoms with Gasteiger partial charge in [-0.1, -0.05) is 11.8 Å². The van der Waals surface area contributed by atoms with Crippen molar-refractivity contribution < 1.29 is 13.9 Å². The van der Waals surface area contributed by atoms with E-state index in [1.807, 2.05) is 29.5 Å². The quantitative estimate of drug-likeness (QED) is 0.793. The average molecular weight is 322 g/mol. The van der Waals surface area contributed by atoms with Crippen molar-refractivity contribution in [1.82, 2.24) is 19.7 Å². The Morgan fingerprint density at radius 1 is 1.36 bits per heavy atom. The van der Waals surface area contributed by atoms with Gasteiger partial charge in [0.2, 0.25) is 5.91 Å². The van der Waals surface area contributed by atoms with E-state index in [1.165, 1.54) is 11.8 Å². The van der Waals surface area contributed by atoms with Crippen LogP contribution in [0.1, 0.15) is 6.92 Å². The molecule has 1 saturated heterocycles. The van der Waals surface area contributed by atoms with Crippen molar-refractivity contribution in [1.29, 1.82) is 0 Å². The summed E-state index contributed by atoms with van der Waals surface area (Å²) in [4.78, 5) is 14.3. The van der Waals surface area contributed by atoms with E-state index in [0.29, 0.717) is 43.0 Å². The fourth-order valence-corrected chi connectivity index (χ4v) is 3.19. The molecule has 0 aliphatic carbocycles. The van der Waals surface area contributed by atoms with E-state index in [4.69, 9.17) is 9.15 Å². The Morgan fingerprint density at radius 3 is 2.82 bits per heavy atom. The van der Waals surface area contributed by atoms with Crippen LogP contribution in [0.15, 0.2) is 28.0 Å². The molecule has 0 saturated carbocycles. The first-order valence-electron chi connectivity index (χ1n) is 7.13. The molecule has 8 heteroatoms. The lowest BCUT2D eigenvalue weighted by atomic mass is 10.3. The summed E-state index contributed by atoms with van der Waals surface area (Å²) in [6, 6.07) is 3.64. The third-order valence-corrected chi connectivity index (χ3v) is 4.65. The molecule has 2 aromatic heterocycles. The second-order valence-corrected chi connectivity index (χ2v) is 6.35. The van der Waals surface area contributed by atoms with Gasteiger partial charge < -0.3 is 18.6 Å². The first-order valence-corrected chi connectivity index (χ1v) is 8.01. The number of hydrogen-bond donors (Lipinski definition) is 0. The molecule has 0 spiro atoms. The number of aromatic nitrogens is 3. The first kappa shape index (κ1) is 15.1. The van der Waals surface area contributed by atoms with Crippen molar-refractivity contribution in [3.8, 4) is 11.6 Å². The SMILES string of the molecule is CC(Sc1nnc(-c2ccco2)n1C)C(=O)N1CCOCC1. The second kappa shape index (κ2) is 6.53. The van der Waals surface area contributed by atoms with Gasteiger partial charge in [0.15, 0.2) is 16.7 Å². The van der Waals surface area contributed by atoms with Crippen molar-refractivity contribution in [2.24, 2.45) is 7.05 Å². The van der Waals surface area contributed by atoms with Crippen LogP contribution < -0.4 is 0 Å². The summed E-state index contributed by atoms with van der Waals surface area (Å²) in [5.41, 5.74) is 0. The number of hydrogen-bond acceptors (Lipinski definition) is 6. The van der Waals surface area contributed by atoms with Crippen LogP contribution in [0, 0.1) is 0 Å². The van der Waals surface area contributed by atoms with E-state index in [0.717, 1.165) is 0 Å². The molecule has 3 heterocycles. The highest BCUT2D eigenvalue weighted by Crippen LogP contribution is 2.26. The minimum Gasteiger partial charge on any atom is -0.461 e. The summed E-state index contributed by atoms with van der Waals surface area (Å²) in [5.74, 6) is 1.42. The topological polar surface area (TPSA) is 73.4 Å². The van der Waals surface area contributed by atoms with Gasteiger partial charge in [0.25, 0.3) is 0 Å². The molecule has 0 radical (unpaired) electrons. The Morgan fingerprint density at radius 2 is 2.14 bits per heavy atom. The predicted molar refractivity (Wildman–Crippen MR) is 81.4 cm³/mol. The van der Waals surface area contributed by atoms with E-state index in [1.54, 1.807) is 12.3 Å². The monoisotopic (exact) mass is 322 g/mol. The summed E-state index contributed by atoms with van der Waals surface area (Å²) in [7, 11) is 1.87. The number of carbonyl (C=O) groups is 1. The Labute approximate surface area is 132 Å². The lowest BCUT2D eigenvalue weighted by Gasteiger charge is -2.28. The van der Waals surface area contributed by atoms with E-state index < -0.39 is 0 Å². The molecule has 1 atom stereocenters. The normalized spacial score (nSPS) is 16.7. The van der Waals surface area contributed by atoms with Gasteiger partial charge in [-0.3, -0.25) is 4.79 Å². The zero-order valence-electron chi connectivity index (χ0n) is 12.6. The molecule has 22 heavy (non-hydrogen) atoms. The van der Waals surface area contributed by atoms with Gasteiger partial charge >= 0.3 is 0 Å². The highest BCUT2D eigenvalue weighted by Gasteiger charge is 2.25. The largest absolute Gasteiger partial charge is 0.461 e. The van der Waals surface area contributed by atoms with Crippen LogP contribution in [-0.4, -0.2) is 57.1 Å². The van der Waals surface area contributed by atoms with E-state index >= 15 is 0 Å². The average Bonchev–Trinajstić information content (AvgIpc) is 3.18. The molecule has 7 nitrogen and oxygen atoms in total. The highest BCUT2D eigenvalue weighted by molar-refractivity contribution is 8.00. The van der Waals surface area contributed by atoms with Crippen LogP contribution in [0.5, 0.6) is 0 Å². The highest BCUT2D eigenvalue weighted by atomic mass is 32.2. The zero-order valence-corrected chi connectivity index (χ0v) is 13.4. The van der Waals surface area contributed by atoms with Gasteiger partial charge in [-0.05, 0) is 19.1 Å². The fraction of sp³-hybridized carbons (Fsp3) is 0.500. The molecule has 1 aliphatic rings. The third kappa shape index (κ3) is 3.02. The van der Waals surface area contributed by atoms with Crippen LogP contribution >= 0.6 is 11.8 Å². The van der Waals surface area contributed by atoms with Gasteiger partial charge in [0, 0.05) is 20.1 Å². The maximum Gasteiger partial charge on any atom is 0.236 e. The minimum absolute atomic E-state index is 0.107. The molecule has 3 rings (SSSR count). The molecule has 1 amide bonds. The number of amides is 1. The Bertz CT molecular complexity index is 635. The molecule has 0 aromatic carbocycles. The molecule has 118 valence electrons. The number of morpholine rings is 1. The molecular weight excluding hydrogens is 304 g/mol. The lowest BCUT2D eigenvalue weighted by Crippen LogP contribution is -2.44. The first-order chi connectivity index (χ1) is 10.7. The Balaban J connectivity index is 1.69.